The van der Waals surface area contributed by atoms with Crippen molar-refractivity contribution in [3.05, 3.63) is 77.8 Å². The molecule has 4 heterocycles. The number of aryl methyl sites for hydroxylation is 1. The van der Waals surface area contributed by atoms with E-state index in [1.807, 2.05) is 23.7 Å². The number of nitrogen functional groups attached to an aromatic ring is 1. The standard InChI is InChI=1S/C23H18FN9/c1-2-32-18(8-10-28-32)20-21(15-6-3-5-14(11-15)13-25)30-23(26)33-22(20)29-19(31-33)12-17-16(24)7-4-9-27-17/h3-11H,2,12H2,1H3,(H2,26,30). The van der Waals surface area contributed by atoms with Crippen molar-refractivity contribution >= 4 is 11.6 Å². The third kappa shape index (κ3) is 3.55. The van der Waals surface area contributed by atoms with E-state index in [0.29, 0.717) is 40.4 Å². The van der Waals surface area contributed by atoms with Crippen LogP contribution in [0.5, 0.6) is 0 Å². The van der Waals surface area contributed by atoms with Crippen LogP contribution in [-0.4, -0.2) is 34.3 Å². The summed E-state index contributed by atoms with van der Waals surface area (Å²) in [6.45, 7) is 2.60. The summed E-state index contributed by atoms with van der Waals surface area (Å²) in [6.07, 6.45) is 3.32. The fourth-order valence-corrected chi connectivity index (χ4v) is 3.75. The molecule has 2 N–H and O–H groups in total. The maximum Gasteiger partial charge on any atom is 0.223 e. The van der Waals surface area contributed by atoms with Gasteiger partial charge in [-0.3, -0.25) is 9.67 Å². The van der Waals surface area contributed by atoms with Gasteiger partial charge in [0.1, 0.15) is 5.82 Å². The maximum atomic E-state index is 14.2. The highest BCUT2D eigenvalue weighted by Crippen LogP contribution is 2.35. The molecule has 5 rings (SSSR count). The first-order chi connectivity index (χ1) is 16.1. The molecule has 5 aromatic rings. The summed E-state index contributed by atoms with van der Waals surface area (Å²) >= 11 is 0. The Hall–Kier alpha value is -4.65. The van der Waals surface area contributed by atoms with Crippen molar-refractivity contribution in [3.8, 4) is 28.6 Å². The van der Waals surface area contributed by atoms with E-state index in [2.05, 4.69) is 31.2 Å². The largest absolute Gasteiger partial charge is 0.368 e. The summed E-state index contributed by atoms with van der Waals surface area (Å²) in [5.41, 5.74) is 10.2. The van der Waals surface area contributed by atoms with Crippen molar-refractivity contribution < 1.29 is 4.39 Å². The smallest absolute Gasteiger partial charge is 0.223 e. The summed E-state index contributed by atoms with van der Waals surface area (Å²) in [5.74, 6) is 0.0440. The fourth-order valence-electron chi connectivity index (χ4n) is 3.75. The van der Waals surface area contributed by atoms with E-state index in [1.54, 1.807) is 24.4 Å². The second-order valence-electron chi connectivity index (χ2n) is 7.29. The lowest BCUT2D eigenvalue weighted by atomic mass is 10.0. The molecule has 0 aliphatic heterocycles. The highest BCUT2D eigenvalue weighted by Gasteiger charge is 2.23. The molecule has 0 aliphatic rings. The summed E-state index contributed by atoms with van der Waals surface area (Å²) in [6, 6.07) is 14.0. The monoisotopic (exact) mass is 439 g/mol. The zero-order valence-corrected chi connectivity index (χ0v) is 17.6. The van der Waals surface area contributed by atoms with E-state index in [1.165, 1.54) is 22.8 Å². The fraction of sp³-hybridized carbons (Fsp3) is 0.130. The van der Waals surface area contributed by atoms with Gasteiger partial charge in [-0.1, -0.05) is 12.1 Å². The predicted octanol–water partition coefficient (Wildman–Crippen LogP) is 3.25. The van der Waals surface area contributed by atoms with E-state index in [0.717, 1.165) is 5.69 Å². The zero-order chi connectivity index (χ0) is 22.9. The first-order valence-corrected chi connectivity index (χ1v) is 10.3. The molecule has 0 unspecified atom stereocenters. The first-order valence-electron chi connectivity index (χ1n) is 10.3. The van der Waals surface area contributed by atoms with E-state index >= 15 is 0 Å². The van der Waals surface area contributed by atoms with Crippen molar-refractivity contribution in [1.82, 2.24) is 34.3 Å². The SMILES string of the molecule is CCn1nccc1-c1c(-c2cccc(C#N)c2)nc(N)n2nc(Cc3ncccc3F)nc12. The molecule has 162 valence electrons. The summed E-state index contributed by atoms with van der Waals surface area (Å²) in [4.78, 5) is 13.4. The number of aromatic nitrogens is 7. The number of benzene rings is 1. The third-order valence-corrected chi connectivity index (χ3v) is 5.25. The molecular formula is C23H18FN9. The number of hydrogen-bond acceptors (Lipinski definition) is 7. The van der Waals surface area contributed by atoms with Gasteiger partial charge in [0.2, 0.25) is 5.95 Å². The van der Waals surface area contributed by atoms with Gasteiger partial charge in [-0.05, 0) is 37.3 Å². The van der Waals surface area contributed by atoms with Crippen LogP contribution in [0.15, 0.2) is 54.9 Å². The molecule has 0 fully saturated rings. The number of nitrogens with zero attached hydrogens (tertiary/aromatic N) is 8. The van der Waals surface area contributed by atoms with Gasteiger partial charge in [0, 0.05) is 24.5 Å². The first kappa shape index (κ1) is 20.3. The van der Waals surface area contributed by atoms with Crippen molar-refractivity contribution in [2.24, 2.45) is 0 Å². The Morgan fingerprint density at radius 2 is 2.00 bits per heavy atom. The second kappa shape index (κ2) is 8.12. The Morgan fingerprint density at radius 1 is 1.12 bits per heavy atom. The predicted molar refractivity (Wildman–Crippen MR) is 119 cm³/mol. The lowest BCUT2D eigenvalue weighted by Crippen LogP contribution is -2.08. The topological polar surface area (TPSA) is 124 Å². The van der Waals surface area contributed by atoms with Crippen LogP contribution in [0.2, 0.25) is 0 Å². The summed E-state index contributed by atoms with van der Waals surface area (Å²) < 4.78 is 17.4. The molecule has 0 atom stereocenters. The van der Waals surface area contributed by atoms with Crippen molar-refractivity contribution in [2.45, 2.75) is 19.9 Å². The van der Waals surface area contributed by atoms with Crippen LogP contribution in [0.4, 0.5) is 10.3 Å². The van der Waals surface area contributed by atoms with Crippen LogP contribution in [0.3, 0.4) is 0 Å². The number of anilines is 1. The van der Waals surface area contributed by atoms with Gasteiger partial charge >= 0.3 is 0 Å². The molecule has 9 nitrogen and oxygen atoms in total. The van der Waals surface area contributed by atoms with Crippen LogP contribution in [0, 0.1) is 17.1 Å². The van der Waals surface area contributed by atoms with Crippen LogP contribution < -0.4 is 5.73 Å². The van der Waals surface area contributed by atoms with Crippen molar-refractivity contribution in [2.75, 3.05) is 5.73 Å². The van der Waals surface area contributed by atoms with Gasteiger partial charge in [-0.2, -0.15) is 14.9 Å². The molecule has 0 amide bonds. The van der Waals surface area contributed by atoms with Crippen molar-refractivity contribution in [1.29, 1.82) is 5.26 Å². The average molecular weight is 439 g/mol. The molecule has 0 saturated heterocycles. The van der Waals surface area contributed by atoms with E-state index in [4.69, 9.17) is 5.73 Å². The summed E-state index contributed by atoms with van der Waals surface area (Å²) in [5, 5.41) is 18.2. The minimum atomic E-state index is -0.430. The molecule has 33 heavy (non-hydrogen) atoms. The van der Waals surface area contributed by atoms with E-state index in [-0.39, 0.29) is 18.1 Å². The zero-order valence-electron chi connectivity index (χ0n) is 17.6. The quantitative estimate of drug-likeness (QED) is 0.446. The van der Waals surface area contributed by atoms with Crippen molar-refractivity contribution in [3.63, 3.8) is 0 Å². The number of pyridine rings is 1. The Balaban J connectivity index is 1.77. The molecule has 1 aromatic carbocycles. The van der Waals surface area contributed by atoms with Crippen LogP contribution >= 0.6 is 0 Å². The average Bonchev–Trinajstić information content (AvgIpc) is 3.48. The molecule has 0 spiro atoms. The van der Waals surface area contributed by atoms with Crippen LogP contribution in [0.25, 0.3) is 28.2 Å². The number of fused-ring (bicyclic) bond motifs is 1. The highest BCUT2D eigenvalue weighted by atomic mass is 19.1. The number of nitrogens with two attached hydrogens (primary N) is 1. The number of halogens is 1. The van der Waals surface area contributed by atoms with E-state index < -0.39 is 5.82 Å². The van der Waals surface area contributed by atoms with Gasteiger partial charge < -0.3 is 5.73 Å². The van der Waals surface area contributed by atoms with Gasteiger partial charge in [0.15, 0.2) is 11.5 Å². The second-order valence-corrected chi connectivity index (χ2v) is 7.29. The highest BCUT2D eigenvalue weighted by molar-refractivity contribution is 5.89. The van der Waals surface area contributed by atoms with Gasteiger partial charge in [-0.25, -0.2) is 14.4 Å². The molecule has 0 bridgehead atoms. The Labute approximate surface area is 188 Å². The van der Waals surface area contributed by atoms with Crippen LogP contribution in [0.1, 0.15) is 24.0 Å². The molecular weight excluding hydrogens is 421 g/mol. The number of rotatable bonds is 5. The Kier molecular flexibility index (Phi) is 4.99. The maximum absolute atomic E-state index is 14.2. The van der Waals surface area contributed by atoms with E-state index in [9.17, 15) is 9.65 Å². The number of hydrogen-bond donors (Lipinski definition) is 1. The molecule has 0 radical (unpaired) electrons. The number of nitriles is 1. The normalized spacial score (nSPS) is 11.1. The van der Waals surface area contributed by atoms with Gasteiger partial charge in [-0.15, -0.1) is 5.10 Å². The molecule has 0 aliphatic carbocycles. The van der Waals surface area contributed by atoms with Crippen LogP contribution in [-0.2, 0) is 13.0 Å². The Bertz CT molecular complexity index is 1530. The minimum absolute atomic E-state index is 0.0967. The molecule has 10 heteroatoms. The van der Waals surface area contributed by atoms with Gasteiger partial charge in [0.05, 0.1) is 40.7 Å². The third-order valence-electron chi connectivity index (χ3n) is 5.25. The lowest BCUT2D eigenvalue weighted by Gasteiger charge is -2.13. The molecule has 0 saturated carbocycles. The minimum Gasteiger partial charge on any atom is -0.368 e. The van der Waals surface area contributed by atoms with Gasteiger partial charge in [0.25, 0.3) is 0 Å². The molecule has 4 aromatic heterocycles. The summed E-state index contributed by atoms with van der Waals surface area (Å²) in [7, 11) is 0. The Morgan fingerprint density at radius 3 is 2.79 bits per heavy atom. The lowest BCUT2D eigenvalue weighted by molar-refractivity contribution is 0.601.